The van der Waals surface area contributed by atoms with Crippen LogP contribution in [0.5, 0.6) is 0 Å². The second-order valence-corrected chi connectivity index (χ2v) is 3.54. The molecule has 0 aromatic heterocycles. The summed E-state index contributed by atoms with van der Waals surface area (Å²) in [4.78, 5) is 12.0. The van der Waals surface area contributed by atoms with Crippen LogP contribution in [-0.2, 0) is 4.79 Å². The zero-order valence-corrected chi connectivity index (χ0v) is 6.62. The van der Waals surface area contributed by atoms with Gasteiger partial charge in [-0.05, 0) is 18.8 Å². The van der Waals surface area contributed by atoms with Crippen LogP contribution in [0.4, 0.5) is 8.78 Å². The highest BCUT2D eigenvalue weighted by molar-refractivity contribution is 5.64. The molecule has 12 heavy (non-hydrogen) atoms. The van der Waals surface area contributed by atoms with Crippen molar-refractivity contribution in [3.05, 3.63) is 0 Å². The van der Waals surface area contributed by atoms with E-state index < -0.39 is 6.43 Å². The third kappa shape index (κ3) is 1.35. The molecule has 0 bridgehead atoms. The Balaban J connectivity index is 1.86. The molecule has 1 saturated heterocycles. The van der Waals surface area contributed by atoms with Gasteiger partial charge in [-0.2, -0.15) is 0 Å². The van der Waals surface area contributed by atoms with Crippen molar-refractivity contribution in [2.75, 3.05) is 6.54 Å². The van der Waals surface area contributed by atoms with Crippen molar-refractivity contribution in [3.63, 3.8) is 0 Å². The number of alkyl halides is 2. The summed E-state index contributed by atoms with van der Waals surface area (Å²) in [5.74, 6) is 0.527. The van der Waals surface area contributed by atoms with Gasteiger partial charge in [0, 0.05) is 6.04 Å². The smallest absolute Gasteiger partial charge is 0.251 e. The summed E-state index contributed by atoms with van der Waals surface area (Å²) in [6.45, 7) is -0.232. The number of halogens is 2. The van der Waals surface area contributed by atoms with Gasteiger partial charge in [0.05, 0.1) is 12.6 Å². The number of nitrogens with zero attached hydrogens (tertiary/aromatic N) is 1. The van der Waals surface area contributed by atoms with Crippen LogP contribution in [0.3, 0.4) is 0 Å². The number of hydrogen-bond acceptors (Lipinski definition) is 2. The summed E-state index contributed by atoms with van der Waals surface area (Å²) < 4.78 is 23.9. The first-order chi connectivity index (χ1) is 5.74. The van der Waals surface area contributed by atoms with Crippen LogP contribution in [-0.4, -0.2) is 36.2 Å². The second-order valence-electron chi connectivity index (χ2n) is 3.54. The van der Waals surface area contributed by atoms with E-state index in [0.717, 1.165) is 19.1 Å². The Morgan fingerprint density at radius 1 is 1.50 bits per heavy atom. The Kier molecular flexibility index (Phi) is 1.87. The predicted molar refractivity (Wildman–Crippen MR) is 39.1 cm³/mol. The van der Waals surface area contributed by atoms with Crippen molar-refractivity contribution in [2.24, 2.45) is 5.92 Å². The number of carbonyl (C=O) groups is 1. The fourth-order valence-corrected chi connectivity index (χ4v) is 1.87. The molecule has 0 aromatic carbocycles. The van der Waals surface area contributed by atoms with E-state index in [9.17, 15) is 13.6 Å². The van der Waals surface area contributed by atoms with E-state index in [1.54, 1.807) is 4.90 Å². The minimum atomic E-state index is -2.31. The standard InChI is InChI=1S/C8H11F2NO/c9-7(10)3-11-6(4-12)8(11)5-1-2-5/h4-8H,1-3H2/t6-,8+,11?/m0/s1. The quantitative estimate of drug-likeness (QED) is 0.467. The van der Waals surface area contributed by atoms with Gasteiger partial charge in [0.25, 0.3) is 6.43 Å². The van der Waals surface area contributed by atoms with Crippen LogP contribution >= 0.6 is 0 Å². The summed E-state index contributed by atoms with van der Waals surface area (Å²) in [5.41, 5.74) is 0. The highest BCUT2D eigenvalue weighted by Gasteiger charge is 2.55. The van der Waals surface area contributed by atoms with Crippen LogP contribution < -0.4 is 0 Å². The van der Waals surface area contributed by atoms with Crippen LogP contribution in [0, 0.1) is 5.92 Å². The van der Waals surface area contributed by atoms with Crippen molar-refractivity contribution in [3.8, 4) is 0 Å². The molecular formula is C8H11F2NO. The summed E-state index contributed by atoms with van der Waals surface area (Å²) in [5, 5.41) is 0. The first-order valence-corrected chi connectivity index (χ1v) is 4.23. The first kappa shape index (κ1) is 8.10. The summed E-state index contributed by atoms with van der Waals surface area (Å²) >= 11 is 0. The monoisotopic (exact) mass is 175 g/mol. The average molecular weight is 175 g/mol. The first-order valence-electron chi connectivity index (χ1n) is 4.23. The Hall–Kier alpha value is -0.510. The lowest BCUT2D eigenvalue weighted by atomic mass is 10.2. The lowest BCUT2D eigenvalue weighted by Crippen LogP contribution is -2.13. The predicted octanol–water partition coefficient (Wildman–Crippen LogP) is 0.913. The van der Waals surface area contributed by atoms with E-state index in [1.807, 2.05) is 0 Å². The average Bonchev–Trinajstić information content (AvgIpc) is 2.76. The van der Waals surface area contributed by atoms with Crippen LogP contribution in [0.1, 0.15) is 12.8 Å². The van der Waals surface area contributed by atoms with Gasteiger partial charge in [-0.3, -0.25) is 4.90 Å². The molecule has 0 radical (unpaired) electrons. The van der Waals surface area contributed by atoms with Gasteiger partial charge in [-0.1, -0.05) is 0 Å². The molecule has 1 unspecified atom stereocenters. The van der Waals surface area contributed by atoms with E-state index in [2.05, 4.69) is 0 Å². The Morgan fingerprint density at radius 3 is 2.58 bits per heavy atom. The molecule has 1 aliphatic heterocycles. The highest BCUT2D eigenvalue weighted by atomic mass is 19.3. The molecule has 0 aromatic rings. The van der Waals surface area contributed by atoms with Gasteiger partial charge < -0.3 is 4.79 Å². The van der Waals surface area contributed by atoms with E-state index >= 15 is 0 Å². The molecule has 1 saturated carbocycles. The van der Waals surface area contributed by atoms with Crippen molar-refractivity contribution < 1.29 is 13.6 Å². The van der Waals surface area contributed by atoms with E-state index in [0.29, 0.717) is 5.92 Å². The maximum atomic E-state index is 11.9. The third-order valence-electron chi connectivity index (χ3n) is 2.62. The number of hydrogen-bond donors (Lipinski definition) is 0. The highest BCUT2D eigenvalue weighted by Crippen LogP contribution is 2.46. The van der Waals surface area contributed by atoms with Gasteiger partial charge >= 0.3 is 0 Å². The topological polar surface area (TPSA) is 20.1 Å². The number of carbonyl (C=O) groups excluding carboxylic acids is 1. The van der Waals surface area contributed by atoms with Gasteiger partial charge in [-0.15, -0.1) is 0 Å². The Labute approximate surface area is 69.5 Å². The maximum Gasteiger partial charge on any atom is 0.251 e. The number of rotatable bonds is 4. The molecule has 1 heterocycles. The van der Waals surface area contributed by atoms with Crippen molar-refractivity contribution >= 4 is 6.29 Å². The molecule has 2 rings (SSSR count). The Bertz CT molecular complexity index is 193. The molecule has 2 nitrogen and oxygen atoms in total. The lowest BCUT2D eigenvalue weighted by molar-refractivity contribution is -0.108. The van der Waals surface area contributed by atoms with Gasteiger partial charge in [0.1, 0.15) is 6.29 Å². The Morgan fingerprint density at radius 2 is 2.17 bits per heavy atom. The zero-order chi connectivity index (χ0) is 8.72. The maximum absolute atomic E-state index is 11.9. The molecule has 3 atom stereocenters. The normalized spacial score (nSPS) is 40.1. The third-order valence-corrected chi connectivity index (χ3v) is 2.62. The van der Waals surface area contributed by atoms with Crippen LogP contribution in [0.15, 0.2) is 0 Å². The largest absolute Gasteiger partial charge is 0.302 e. The van der Waals surface area contributed by atoms with E-state index in [1.165, 1.54) is 0 Å². The zero-order valence-electron chi connectivity index (χ0n) is 6.62. The molecule has 4 heteroatoms. The van der Waals surface area contributed by atoms with Gasteiger partial charge in [0.2, 0.25) is 0 Å². The van der Waals surface area contributed by atoms with Gasteiger partial charge in [0.15, 0.2) is 0 Å². The minimum Gasteiger partial charge on any atom is -0.302 e. The summed E-state index contributed by atoms with van der Waals surface area (Å²) in [6, 6.07) is -0.0528. The summed E-state index contributed by atoms with van der Waals surface area (Å²) in [7, 11) is 0. The van der Waals surface area contributed by atoms with Crippen LogP contribution in [0.2, 0.25) is 0 Å². The van der Waals surface area contributed by atoms with Crippen LogP contribution in [0.25, 0.3) is 0 Å². The van der Waals surface area contributed by atoms with E-state index in [4.69, 9.17) is 0 Å². The summed E-state index contributed by atoms with van der Waals surface area (Å²) in [6.07, 6.45) is 0.700. The SMILES string of the molecule is O=C[C@H]1[C@@H](C2CC2)N1CC(F)F. The number of aldehydes is 1. The molecule has 68 valence electrons. The lowest BCUT2D eigenvalue weighted by Gasteiger charge is -1.99. The second kappa shape index (κ2) is 2.76. The van der Waals surface area contributed by atoms with Gasteiger partial charge in [-0.25, -0.2) is 8.78 Å². The molecule has 2 aliphatic rings. The van der Waals surface area contributed by atoms with Crippen molar-refractivity contribution in [1.82, 2.24) is 4.90 Å². The molecule has 1 aliphatic carbocycles. The molecule has 2 fully saturated rings. The van der Waals surface area contributed by atoms with Crippen molar-refractivity contribution in [2.45, 2.75) is 31.4 Å². The molecule has 0 spiro atoms. The molecule has 0 amide bonds. The molecule has 0 N–H and O–H groups in total. The minimum absolute atomic E-state index is 0.150. The van der Waals surface area contributed by atoms with E-state index in [-0.39, 0.29) is 18.6 Å². The fourth-order valence-electron chi connectivity index (χ4n) is 1.87. The fraction of sp³-hybridized carbons (Fsp3) is 0.875. The van der Waals surface area contributed by atoms with Crippen molar-refractivity contribution in [1.29, 1.82) is 0 Å². The molecular weight excluding hydrogens is 164 g/mol.